The van der Waals surface area contributed by atoms with E-state index in [9.17, 15) is 0 Å². The molecule has 2 unspecified atom stereocenters. The van der Waals surface area contributed by atoms with E-state index in [0.29, 0.717) is 0 Å². The second-order valence-electron chi connectivity index (χ2n) is 4.94. The topological polar surface area (TPSA) is 38.3 Å². The zero-order valence-corrected chi connectivity index (χ0v) is 13.2. The number of hydrogen-bond acceptors (Lipinski definition) is 4. The van der Waals surface area contributed by atoms with E-state index >= 15 is 0 Å². The van der Waals surface area contributed by atoms with Gasteiger partial charge in [0, 0.05) is 17.3 Å². The Morgan fingerprint density at radius 2 is 1.95 bits per heavy atom. The molecule has 0 bridgehead atoms. The van der Waals surface area contributed by atoms with Crippen LogP contribution in [0, 0.1) is 0 Å². The largest absolute Gasteiger partial charge is 0.469 e. The maximum Gasteiger partial charge on any atom is 0.126 e. The molecule has 0 saturated carbocycles. The van der Waals surface area contributed by atoms with Crippen molar-refractivity contribution in [2.45, 2.75) is 25.4 Å². The van der Waals surface area contributed by atoms with E-state index in [-0.39, 0.29) is 12.1 Å². The van der Waals surface area contributed by atoms with Crippen molar-refractivity contribution in [2.75, 3.05) is 0 Å². The van der Waals surface area contributed by atoms with Crippen LogP contribution in [0.1, 0.15) is 29.4 Å². The van der Waals surface area contributed by atoms with Crippen molar-refractivity contribution in [3.05, 3.63) is 69.7 Å². The molecule has 3 heterocycles. The van der Waals surface area contributed by atoms with Crippen LogP contribution in [0.3, 0.4) is 0 Å². The van der Waals surface area contributed by atoms with Gasteiger partial charge >= 0.3 is 0 Å². The van der Waals surface area contributed by atoms with Crippen LogP contribution in [0.4, 0.5) is 0 Å². The Balaban J connectivity index is 1.76. The van der Waals surface area contributed by atoms with Gasteiger partial charge in [0.2, 0.25) is 0 Å². The molecule has 0 radical (unpaired) electrons. The standard InChI is InChI=1S/C16H16ClNO2S/c1-11(10-12-4-2-8-19-12)18-16(13-5-3-9-20-13)14-6-7-15(17)21-14/h2-9,11,16,18H,10H2,1H3. The van der Waals surface area contributed by atoms with Gasteiger partial charge < -0.3 is 14.2 Å². The first-order chi connectivity index (χ1) is 10.2. The second kappa shape index (κ2) is 6.52. The van der Waals surface area contributed by atoms with Crippen LogP contribution in [0.2, 0.25) is 4.34 Å². The van der Waals surface area contributed by atoms with Crippen molar-refractivity contribution in [1.82, 2.24) is 5.32 Å². The lowest BCUT2D eigenvalue weighted by atomic mass is 10.1. The molecule has 5 heteroatoms. The minimum absolute atomic E-state index is 0.00228. The molecule has 0 saturated heterocycles. The monoisotopic (exact) mass is 321 g/mol. The minimum atomic E-state index is 0.00228. The van der Waals surface area contributed by atoms with Gasteiger partial charge in [-0.05, 0) is 43.3 Å². The third-order valence-electron chi connectivity index (χ3n) is 3.24. The fourth-order valence-corrected chi connectivity index (χ4v) is 3.45. The zero-order chi connectivity index (χ0) is 14.7. The lowest BCUT2D eigenvalue weighted by Crippen LogP contribution is -2.32. The molecule has 21 heavy (non-hydrogen) atoms. The number of halogens is 1. The molecule has 3 aromatic rings. The van der Waals surface area contributed by atoms with Crippen LogP contribution in [0.5, 0.6) is 0 Å². The Bertz CT molecular complexity index is 660. The molecular formula is C16H16ClNO2S. The van der Waals surface area contributed by atoms with E-state index in [2.05, 4.69) is 12.2 Å². The maximum atomic E-state index is 6.06. The van der Waals surface area contributed by atoms with Crippen LogP contribution >= 0.6 is 22.9 Å². The molecule has 0 aliphatic heterocycles. The quantitative estimate of drug-likeness (QED) is 0.702. The Labute approximate surface area is 132 Å². The van der Waals surface area contributed by atoms with E-state index in [0.717, 1.165) is 27.2 Å². The molecule has 0 spiro atoms. The average molecular weight is 322 g/mol. The van der Waals surface area contributed by atoms with Gasteiger partial charge in [0.1, 0.15) is 17.6 Å². The van der Waals surface area contributed by atoms with Gasteiger partial charge in [-0.15, -0.1) is 11.3 Å². The Kier molecular flexibility index (Phi) is 4.48. The average Bonchev–Trinajstić information content (AvgIpc) is 3.18. The molecule has 3 rings (SSSR count). The summed E-state index contributed by atoms with van der Waals surface area (Å²) in [6.07, 6.45) is 4.21. The van der Waals surface area contributed by atoms with E-state index in [1.807, 2.05) is 36.4 Å². The van der Waals surface area contributed by atoms with Crippen molar-refractivity contribution in [2.24, 2.45) is 0 Å². The van der Waals surface area contributed by atoms with Crippen LogP contribution in [0.15, 0.2) is 57.8 Å². The van der Waals surface area contributed by atoms with Crippen molar-refractivity contribution in [1.29, 1.82) is 0 Å². The summed E-state index contributed by atoms with van der Waals surface area (Å²) in [5.41, 5.74) is 0. The van der Waals surface area contributed by atoms with Crippen molar-refractivity contribution >= 4 is 22.9 Å². The Morgan fingerprint density at radius 1 is 1.14 bits per heavy atom. The normalized spacial score (nSPS) is 14.2. The van der Waals surface area contributed by atoms with Gasteiger partial charge in [0.05, 0.1) is 16.9 Å². The highest BCUT2D eigenvalue weighted by Gasteiger charge is 2.21. The van der Waals surface area contributed by atoms with Crippen LogP contribution < -0.4 is 5.32 Å². The Morgan fingerprint density at radius 3 is 2.57 bits per heavy atom. The summed E-state index contributed by atoms with van der Waals surface area (Å²) in [7, 11) is 0. The SMILES string of the molecule is CC(Cc1ccco1)NC(c1ccco1)c1ccc(Cl)s1. The van der Waals surface area contributed by atoms with Gasteiger partial charge in [0.25, 0.3) is 0 Å². The molecule has 0 aliphatic rings. The number of rotatable bonds is 6. The molecule has 3 nitrogen and oxygen atoms in total. The molecule has 3 aromatic heterocycles. The second-order valence-corrected chi connectivity index (χ2v) is 6.69. The third kappa shape index (κ3) is 3.59. The summed E-state index contributed by atoms with van der Waals surface area (Å²) < 4.78 is 11.8. The molecule has 1 N–H and O–H groups in total. The number of nitrogens with one attached hydrogen (secondary N) is 1. The van der Waals surface area contributed by atoms with Gasteiger partial charge in [-0.2, -0.15) is 0 Å². The van der Waals surface area contributed by atoms with Crippen molar-refractivity contribution in [3.63, 3.8) is 0 Å². The number of furan rings is 2. The van der Waals surface area contributed by atoms with Crippen LogP contribution in [-0.4, -0.2) is 6.04 Å². The predicted octanol–water partition coefficient (Wildman–Crippen LogP) is 4.90. The van der Waals surface area contributed by atoms with Gasteiger partial charge in [-0.1, -0.05) is 11.6 Å². The highest BCUT2D eigenvalue weighted by atomic mass is 35.5. The maximum absolute atomic E-state index is 6.06. The summed E-state index contributed by atoms with van der Waals surface area (Å²) in [5, 5.41) is 3.59. The first kappa shape index (κ1) is 14.4. The smallest absolute Gasteiger partial charge is 0.126 e. The molecule has 0 fully saturated rings. The predicted molar refractivity (Wildman–Crippen MR) is 84.9 cm³/mol. The number of hydrogen-bond donors (Lipinski definition) is 1. The molecule has 0 aromatic carbocycles. The Hall–Kier alpha value is -1.49. The zero-order valence-electron chi connectivity index (χ0n) is 11.6. The van der Waals surface area contributed by atoms with Crippen molar-refractivity contribution in [3.8, 4) is 0 Å². The van der Waals surface area contributed by atoms with Crippen LogP contribution in [-0.2, 0) is 6.42 Å². The third-order valence-corrected chi connectivity index (χ3v) is 4.54. The van der Waals surface area contributed by atoms with Gasteiger partial charge in [-0.3, -0.25) is 0 Å². The van der Waals surface area contributed by atoms with Gasteiger partial charge in [-0.25, -0.2) is 0 Å². The first-order valence-corrected chi connectivity index (χ1v) is 7.99. The summed E-state index contributed by atoms with van der Waals surface area (Å²) in [6, 6.07) is 12.0. The van der Waals surface area contributed by atoms with E-state index in [1.165, 1.54) is 0 Å². The van der Waals surface area contributed by atoms with Crippen molar-refractivity contribution < 1.29 is 8.83 Å². The molecule has 2 atom stereocenters. The molecule has 0 aliphatic carbocycles. The molecular weight excluding hydrogens is 306 g/mol. The highest BCUT2D eigenvalue weighted by Crippen LogP contribution is 2.31. The fraction of sp³-hybridized carbons (Fsp3) is 0.250. The lowest BCUT2D eigenvalue weighted by Gasteiger charge is -2.20. The summed E-state index contributed by atoms with van der Waals surface area (Å²) in [6.45, 7) is 2.13. The first-order valence-electron chi connectivity index (χ1n) is 6.79. The highest BCUT2D eigenvalue weighted by molar-refractivity contribution is 7.16. The number of thiophene rings is 1. The summed E-state index contributed by atoms with van der Waals surface area (Å²) in [4.78, 5) is 1.14. The van der Waals surface area contributed by atoms with E-state index < -0.39 is 0 Å². The summed E-state index contributed by atoms with van der Waals surface area (Å²) in [5.74, 6) is 1.86. The van der Waals surface area contributed by atoms with E-state index in [4.69, 9.17) is 20.4 Å². The van der Waals surface area contributed by atoms with E-state index in [1.54, 1.807) is 23.9 Å². The summed E-state index contributed by atoms with van der Waals surface area (Å²) >= 11 is 7.63. The van der Waals surface area contributed by atoms with Gasteiger partial charge in [0.15, 0.2) is 0 Å². The van der Waals surface area contributed by atoms with Crippen LogP contribution in [0.25, 0.3) is 0 Å². The molecule has 0 amide bonds. The molecule has 110 valence electrons. The lowest BCUT2D eigenvalue weighted by molar-refractivity contribution is 0.398. The minimum Gasteiger partial charge on any atom is -0.469 e. The fourth-order valence-electron chi connectivity index (χ4n) is 2.32.